The molecule has 6 nitrogen and oxygen atoms in total. The zero-order valence-corrected chi connectivity index (χ0v) is 15.4. The summed E-state index contributed by atoms with van der Waals surface area (Å²) in [4.78, 5) is 14.1. The van der Waals surface area contributed by atoms with E-state index in [-0.39, 0.29) is 17.4 Å². The first kappa shape index (κ1) is 18.9. The average molecular weight is 368 g/mol. The molecule has 0 amide bonds. The molecule has 0 saturated heterocycles. The minimum absolute atomic E-state index is 0.0155. The van der Waals surface area contributed by atoms with Crippen molar-refractivity contribution in [3.63, 3.8) is 0 Å². The van der Waals surface area contributed by atoms with E-state index in [2.05, 4.69) is 10.3 Å². The van der Waals surface area contributed by atoms with Gasteiger partial charge in [0.1, 0.15) is 17.7 Å². The van der Waals surface area contributed by atoms with Gasteiger partial charge in [0, 0.05) is 23.9 Å². The van der Waals surface area contributed by atoms with Crippen molar-refractivity contribution in [3.8, 4) is 11.5 Å². The number of aromatic nitrogens is 1. The van der Waals surface area contributed by atoms with Gasteiger partial charge in [0.25, 0.3) is 0 Å². The van der Waals surface area contributed by atoms with Crippen LogP contribution in [-0.4, -0.2) is 34.6 Å². The van der Waals surface area contributed by atoms with Crippen LogP contribution in [0.25, 0.3) is 10.9 Å². The van der Waals surface area contributed by atoms with Crippen LogP contribution in [0, 0.1) is 0 Å². The van der Waals surface area contributed by atoms with E-state index >= 15 is 0 Å². The van der Waals surface area contributed by atoms with Gasteiger partial charge in [-0.2, -0.15) is 0 Å². The number of aliphatic hydroxyl groups is 1. The molecular formula is C21H24N2O4. The van der Waals surface area contributed by atoms with Gasteiger partial charge in [-0.3, -0.25) is 10.1 Å². The predicted molar refractivity (Wildman–Crippen MR) is 105 cm³/mol. The summed E-state index contributed by atoms with van der Waals surface area (Å²) in [5, 5.41) is 24.3. The molecule has 2 unspecified atom stereocenters. The summed E-state index contributed by atoms with van der Waals surface area (Å²) in [7, 11) is 1.64. The number of phenols is 1. The fourth-order valence-electron chi connectivity index (χ4n) is 3.24. The van der Waals surface area contributed by atoms with Crippen molar-refractivity contribution in [1.82, 2.24) is 10.3 Å². The van der Waals surface area contributed by atoms with E-state index < -0.39 is 6.23 Å². The zero-order chi connectivity index (χ0) is 19.4. The highest BCUT2D eigenvalue weighted by molar-refractivity contribution is 5.87. The van der Waals surface area contributed by atoms with Crippen molar-refractivity contribution in [2.75, 3.05) is 7.11 Å². The van der Waals surface area contributed by atoms with Crippen LogP contribution < -0.4 is 15.6 Å². The summed E-state index contributed by atoms with van der Waals surface area (Å²) in [6.45, 7) is 2.01. The molecule has 1 heterocycles. The van der Waals surface area contributed by atoms with Crippen LogP contribution in [-0.2, 0) is 12.8 Å². The lowest BCUT2D eigenvalue weighted by molar-refractivity contribution is 0.125. The van der Waals surface area contributed by atoms with Crippen molar-refractivity contribution < 1.29 is 14.9 Å². The van der Waals surface area contributed by atoms with Crippen LogP contribution in [0.3, 0.4) is 0 Å². The van der Waals surface area contributed by atoms with Gasteiger partial charge >= 0.3 is 0 Å². The topological polar surface area (TPSA) is 94.6 Å². The Kier molecular flexibility index (Phi) is 5.78. The molecule has 0 bridgehead atoms. The number of rotatable bonds is 7. The third kappa shape index (κ3) is 4.67. The van der Waals surface area contributed by atoms with Gasteiger partial charge in [-0.05, 0) is 48.7 Å². The molecule has 0 aliphatic carbocycles. The maximum absolute atomic E-state index is 11.5. The molecule has 0 aliphatic rings. The summed E-state index contributed by atoms with van der Waals surface area (Å²) >= 11 is 0. The van der Waals surface area contributed by atoms with Crippen LogP contribution in [0.1, 0.15) is 18.1 Å². The fraction of sp³-hybridized carbons (Fsp3) is 0.286. The Hall–Kier alpha value is -2.83. The second kappa shape index (κ2) is 8.24. The van der Waals surface area contributed by atoms with Crippen LogP contribution >= 0.6 is 0 Å². The Labute approximate surface area is 157 Å². The molecule has 2 aromatic carbocycles. The number of hydrogen-bond acceptors (Lipinski definition) is 5. The van der Waals surface area contributed by atoms with Crippen LogP contribution in [0.4, 0.5) is 0 Å². The highest BCUT2D eigenvalue weighted by Crippen LogP contribution is 2.25. The number of H-pyrrole nitrogens is 1. The summed E-state index contributed by atoms with van der Waals surface area (Å²) in [5.41, 5.74) is 2.10. The molecule has 2 atom stereocenters. The molecule has 0 radical (unpaired) electrons. The molecule has 0 saturated carbocycles. The molecule has 0 fully saturated rings. The third-order valence-corrected chi connectivity index (χ3v) is 4.55. The van der Waals surface area contributed by atoms with Crippen molar-refractivity contribution in [2.24, 2.45) is 0 Å². The molecule has 1 aromatic heterocycles. The average Bonchev–Trinajstić information content (AvgIpc) is 2.64. The lowest BCUT2D eigenvalue weighted by atomic mass is 10.0. The normalized spacial score (nSPS) is 13.4. The molecule has 27 heavy (non-hydrogen) atoms. The maximum atomic E-state index is 11.5. The number of hydrogen-bond donors (Lipinski definition) is 4. The van der Waals surface area contributed by atoms with Gasteiger partial charge in [-0.15, -0.1) is 0 Å². The minimum Gasteiger partial charge on any atom is -0.506 e. The first-order chi connectivity index (χ1) is 13.0. The molecule has 142 valence electrons. The lowest BCUT2D eigenvalue weighted by Gasteiger charge is -2.20. The number of nitrogens with one attached hydrogen (secondary N) is 2. The van der Waals surface area contributed by atoms with Crippen molar-refractivity contribution >= 4 is 10.9 Å². The van der Waals surface area contributed by atoms with Gasteiger partial charge in [0.2, 0.25) is 5.56 Å². The molecule has 3 rings (SSSR count). The minimum atomic E-state index is -0.752. The van der Waals surface area contributed by atoms with Gasteiger partial charge in [-0.25, -0.2) is 0 Å². The quantitative estimate of drug-likeness (QED) is 0.480. The smallest absolute Gasteiger partial charge is 0.248 e. The number of aromatic hydroxyl groups is 1. The summed E-state index contributed by atoms with van der Waals surface area (Å²) in [6, 6.07) is 14.3. The van der Waals surface area contributed by atoms with Crippen LogP contribution in [0.15, 0.2) is 53.3 Å². The number of phenolic OH excluding ortho intramolecular Hbond substituents is 1. The predicted octanol–water partition coefficient (Wildman–Crippen LogP) is 2.32. The monoisotopic (exact) mass is 368 g/mol. The summed E-state index contributed by atoms with van der Waals surface area (Å²) in [6.07, 6.45) is 0.374. The van der Waals surface area contributed by atoms with Gasteiger partial charge < -0.3 is 19.9 Å². The SMILES string of the molecule is COc1ccc(CC(C)NC(O)Cc2ccc(O)c3[nH]c(=O)ccc23)cc1. The maximum Gasteiger partial charge on any atom is 0.248 e. The van der Waals surface area contributed by atoms with E-state index in [1.807, 2.05) is 31.2 Å². The first-order valence-electron chi connectivity index (χ1n) is 8.87. The molecular weight excluding hydrogens is 344 g/mol. The molecule has 0 aliphatic heterocycles. The second-order valence-electron chi connectivity index (χ2n) is 6.69. The Morgan fingerprint density at radius 2 is 1.81 bits per heavy atom. The number of fused-ring (bicyclic) bond motifs is 1. The van der Waals surface area contributed by atoms with Crippen LogP contribution in [0.2, 0.25) is 0 Å². The van der Waals surface area contributed by atoms with Crippen LogP contribution in [0.5, 0.6) is 11.5 Å². The van der Waals surface area contributed by atoms with Gasteiger partial charge in [0.15, 0.2) is 0 Å². The summed E-state index contributed by atoms with van der Waals surface area (Å²) < 4.78 is 5.16. The van der Waals surface area contributed by atoms with Crippen molar-refractivity contribution in [3.05, 3.63) is 70.0 Å². The summed E-state index contributed by atoms with van der Waals surface area (Å²) in [5.74, 6) is 0.832. The van der Waals surface area contributed by atoms with Gasteiger partial charge in [-0.1, -0.05) is 18.2 Å². The van der Waals surface area contributed by atoms with E-state index in [4.69, 9.17) is 4.74 Å². The van der Waals surface area contributed by atoms with E-state index in [1.54, 1.807) is 19.2 Å². The number of benzene rings is 2. The molecule has 0 spiro atoms. The molecule has 3 aromatic rings. The van der Waals surface area contributed by atoms with Crippen molar-refractivity contribution in [2.45, 2.75) is 32.0 Å². The van der Waals surface area contributed by atoms with E-state index in [0.717, 1.165) is 28.7 Å². The Morgan fingerprint density at radius 1 is 1.07 bits per heavy atom. The Bertz CT molecular complexity index is 966. The largest absolute Gasteiger partial charge is 0.506 e. The fourth-order valence-corrected chi connectivity index (χ4v) is 3.24. The first-order valence-corrected chi connectivity index (χ1v) is 8.87. The Balaban J connectivity index is 1.66. The number of ether oxygens (including phenoxy) is 1. The highest BCUT2D eigenvalue weighted by Gasteiger charge is 2.13. The number of methoxy groups -OCH3 is 1. The number of aromatic amines is 1. The van der Waals surface area contributed by atoms with E-state index in [1.165, 1.54) is 12.1 Å². The third-order valence-electron chi connectivity index (χ3n) is 4.55. The number of aliphatic hydroxyl groups excluding tert-OH is 1. The molecule has 4 N–H and O–H groups in total. The highest BCUT2D eigenvalue weighted by atomic mass is 16.5. The van der Waals surface area contributed by atoms with E-state index in [9.17, 15) is 15.0 Å². The number of pyridine rings is 1. The van der Waals surface area contributed by atoms with Gasteiger partial charge in [0.05, 0.1) is 12.6 Å². The lowest BCUT2D eigenvalue weighted by Crippen LogP contribution is -2.39. The second-order valence-corrected chi connectivity index (χ2v) is 6.69. The standard InChI is InChI=1S/C21H24N2O4/c1-13(11-14-3-6-16(27-2)7-4-14)22-20(26)12-15-5-9-18(24)21-17(15)8-10-19(25)23-21/h3-10,13,20,22,24,26H,11-12H2,1-2H3,(H,23,25). The van der Waals surface area contributed by atoms with Crippen molar-refractivity contribution in [1.29, 1.82) is 0 Å². The zero-order valence-electron chi connectivity index (χ0n) is 15.4. The molecule has 6 heteroatoms. The van der Waals surface area contributed by atoms with E-state index in [0.29, 0.717) is 11.9 Å². The Morgan fingerprint density at radius 3 is 2.52 bits per heavy atom.